The van der Waals surface area contributed by atoms with Gasteiger partial charge in [0.25, 0.3) is 0 Å². The molecule has 0 aliphatic rings. The Hall–Kier alpha value is -3.00. The molecule has 8 heteroatoms. The summed E-state index contributed by atoms with van der Waals surface area (Å²) in [6.07, 6.45) is -4.39. The highest BCUT2D eigenvalue weighted by molar-refractivity contribution is 7.19. The van der Waals surface area contributed by atoms with Gasteiger partial charge in [0.1, 0.15) is 22.3 Å². The van der Waals surface area contributed by atoms with Crippen molar-refractivity contribution in [2.24, 2.45) is 0 Å². The Morgan fingerprint density at radius 3 is 2.17 bits per heavy atom. The van der Waals surface area contributed by atoms with E-state index in [2.05, 4.69) is 15.3 Å². The molecule has 0 unspecified atom stereocenters. The maximum atomic E-state index is 13.4. The van der Waals surface area contributed by atoms with E-state index in [1.807, 2.05) is 6.92 Å². The summed E-state index contributed by atoms with van der Waals surface area (Å²) in [5.74, 6) is 0.705. The van der Waals surface area contributed by atoms with Gasteiger partial charge in [-0.15, -0.1) is 11.3 Å². The Bertz CT molecular complexity index is 1180. The minimum absolute atomic E-state index is 0.332. The fourth-order valence-corrected chi connectivity index (χ4v) is 4.24. The first-order valence-electron chi connectivity index (χ1n) is 8.70. The first-order valence-corrected chi connectivity index (χ1v) is 9.52. The highest BCUT2D eigenvalue weighted by Gasteiger charge is 2.30. The lowest BCUT2D eigenvalue weighted by Gasteiger charge is -2.11. The van der Waals surface area contributed by atoms with Crippen molar-refractivity contribution in [2.75, 3.05) is 5.32 Å². The van der Waals surface area contributed by atoms with Crippen molar-refractivity contribution in [3.05, 3.63) is 70.6 Å². The topological polar surface area (TPSA) is 37.8 Å². The van der Waals surface area contributed by atoms with Crippen LogP contribution < -0.4 is 5.32 Å². The molecule has 2 heterocycles. The standard InChI is InChI=1S/C21H15F4N3S/c1-11-17(13-3-7-15(22)8-4-13)18-19(26-12(2)27-20(18)29-11)28-16-9-5-14(6-10-16)21(23,24)25/h3-10H,1-2H3,(H,26,27,28). The molecule has 2 aromatic carbocycles. The van der Waals surface area contributed by atoms with E-state index in [0.717, 1.165) is 38.4 Å². The maximum absolute atomic E-state index is 13.4. The predicted molar refractivity (Wildman–Crippen MR) is 107 cm³/mol. The van der Waals surface area contributed by atoms with Crippen LogP contribution in [0.3, 0.4) is 0 Å². The van der Waals surface area contributed by atoms with Gasteiger partial charge in [0.05, 0.1) is 10.9 Å². The van der Waals surface area contributed by atoms with Crippen molar-refractivity contribution < 1.29 is 17.6 Å². The number of thiophene rings is 1. The quantitative estimate of drug-likeness (QED) is 0.369. The van der Waals surface area contributed by atoms with Crippen LogP contribution in [0.15, 0.2) is 48.5 Å². The van der Waals surface area contributed by atoms with Gasteiger partial charge in [-0.05, 0) is 55.8 Å². The summed E-state index contributed by atoms with van der Waals surface area (Å²) in [4.78, 5) is 10.7. The largest absolute Gasteiger partial charge is 0.416 e. The lowest BCUT2D eigenvalue weighted by Crippen LogP contribution is -2.04. The lowest BCUT2D eigenvalue weighted by atomic mass is 10.0. The van der Waals surface area contributed by atoms with E-state index < -0.39 is 11.7 Å². The zero-order chi connectivity index (χ0) is 20.8. The minimum Gasteiger partial charge on any atom is -0.340 e. The number of halogens is 4. The number of hydrogen-bond acceptors (Lipinski definition) is 4. The molecule has 0 amide bonds. The first kappa shape index (κ1) is 19.3. The minimum atomic E-state index is -4.39. The van der Waals surface area contributed by atoms with Crippen LogP contribution in [0.2, 0.25) is 0 Å². The van der Waals surface area contributed by atoms with Gasteiger partial charge >= 0.3 is 6.18 Å². The Kier molecular flexibility index (Phi) is 4.74. The van der Waals surface area contributed by atoms with Crippen LogP contribution in [-0.2, 0) is 6.18 Å². The number of benzene rings is 2. The van der Waals surface area contributed by atoms with Crippen molar-refractivity contribution >= 4 is 33.1 Å². The molecular weight excluding hydrogens is 402 g/mol. The number of rotatable bonds is 3. The Morgan fingerprint density at radius 1 is 0.897 bits per heavy atom. The molecule has 0 atom stereocenters. The SMILES string of the molecule is Cc1nc(Nc2ccc(C(F)(F)F)cc2)c2c(-c3ccc(F)cc3)c(C)sc2n1. The van der Waals surface area contributed by atoms with Gasteiger partial charge in [0.2, 0.25) is 0 Å². The van der Waals surface area contributed by atoms with E-state index in [9.17, 15) is 17.6 Å². The van der Waals surface area contributed by atoms with Crippen LogP contribution >= 0.6 is 11.3 Å². The van der Waals surface area contributed by atoms with E-state index in [1.54, 1.807) is 19.1 Å². The molecule has 2 aromatic heterocycles. The van der Waals surface area contributed by atoms with Gasteiger partial charge in [-0.3, -0.25) is 0 Å². The zero-order valence-corrected chi connectivity index (χ0v) is 16.2. The number of nitrogens with one attached hydrogen (secondary N) is 1. The summed E-state index contributed by atoms with van der Waals surface area (Å²) in [6, 6.07) is 10.9. The molecule has 0 bridgehead atoms. The number of hydrogen-bond donors (Lipinski definition) is 1. The maximum Gasteiger partial charge on any atom is 0.416 e. The highest BCUT2D eigenvalue weighted by atomic mass is 32.1. The van der Waals surface area contributed by atoms with Gasteiger partial charge < -0.3 is 5.32 Å². The average molecular weight is 417 g/mol. The van der Waals surface area contributed by atoms with Crippen molar-refractivity contribution in [1.82, 2.24) is 9.97 Å². The summed E-state index contributed by atoms with van der Waals surface area (Å²) in [5.41, 5.74) is 1.45. The van der Waals surface area contributed by atoms with Crippen LogP contribution in [0.25, 0.3) is 21.3 Å². The molecule has 1 N–H and O–H groups in total. The van der Waals surface area contributed by atoms with Crippen LogP contribution in [0, 0.1) is 19.7 Å². The Morgan fingerprint density at radius 2 is 1.55 bits per heavy atom. The number of nitrogens with zero attached hydrogens (tertiary/aromatic N) is 2. The second-order valence-corrected chi connectivity index (χ2v) is 7.74. The van der Waals surface area contributed by atoms with Gasteiger partial charge in [-0.25, -0.2) is 14.4 Å². The Labute approximate surface area is 168 Å². The average Bonchev–Trinajstić information content (AvgIpc) is 2.98. The summed E-state index contributed by atoms with van der Waals surface area (Å²) >= 11 is 1.49. The monoisotopic (exact) mass is 417 g/mol. The van der Waals surface area contributed by atoms with Crippen molar-refractivity contribution in [3.8, 4) is 11.1 Å². The molecule has 0 spiro atoms. The normalized spacial score (nSPS) is 11.8. The molecule has 3 nitrogen and oxygen atoms in total. The first-order chi connectivity index (χ1) is 13.7. The molecule has 0 aliphatic heterocycles. The van der Waals surface area contributed by atoms with Gasteiger partial charge in [-0.2, -0.15) is 13.2 Å². The molecule has 4 aromatic rings. The van der Waals surface area contributed by atoms with Crippen molar-refractivity contribution in [2.45, 2.75) is 20.0 Å². The molecule has 4 rings (SSSR count). The van der Waals surface area contributed by atoms with E-state index >= 15 is 0 Å². The van der Waals surface area contributed by atoms with E-state index in [-0.39, 0.29) is 5.82 Å². The third kappa shape index (κ3) is 3.80. The van der Waals surface area contributed by atoms with Crippen molar-refractivity contribution in [3.63, 3.8) is 0 Å². The number of fused-ring (bicyclic) bond motifs is 1. The summed E-state index contributed by atoms with van der Waals surface area (Å²) in [6.45, 7) is 3.70. The predicted octanol–water partition coefficient (Wildman–Crippen LogP) is 6.88. The van der Waals surface area contributed by atoms with Crippen molar-refractivity contribution in [1.29, 1.82) is 0 Å². The third-order valence-electron chi connectivity index (χ3n) is 4.45. The van der Waals surface area contributed by atoms with Crippen LogP contribution in [-0.4, -0.2) is 9.97 Å². The smallest absolute Gasteiger partial charge is 0.340 e. The summed E-state index contributed by atoms with van der Waals surface area (Å²) in [7, 11) is 0. The molecule has 0 aliphatic carbocycles. The molecule has 0 fully saturated rings. The number of aryl methyl sites for hydroxylation is 2. The number of anilines is 2. The molecular formula is C21H15F4N3S. The summed E-state index contributed by atoms with van der Waals surface area (Å²) in [5, 5.41) is 3.87. The fraction of sp³-hybridized carbons (Fsp3) is 0.143. The van der Waals surface area contributed by atoms with Crippen LogP contribution in [0.1, 0.15) is 16.3 Å². The molecule has 0 radical (unpaired) electrons. The molecule has 148 valence electrons. The second-order valence-electron chi connectivity index (χ2n) is 6.54. The lowest BCUT2D eigenvalue weighted by molar-refractivity contribution is -0.137. The summed E-state index contributed by atoms with van der Waals surface area (Å²) < 4.78 is 51.8. The fourth-order valence-electron chi connectivity index (χ4n) is 3.15. The third-order valence-corrected chi connectivity index (χ3v) is 5.45. The van der Waals surface area contributed by atoms with Gasteiger partial charge in [0, 0.05) is 16.1 Å². The van der Waals surface area contributed by atoms with Crippen LogP contribution in [0.4, 0.5) is 29.1 Å². The second kappa shape index (κ2) is 7.11. The van der Waals surface area contributed by atoms with Crippen LogP contribution in [0.5, 0.6) is 0 Å². The zero-order valence-electron chi connectivity index (χ0n) is 15.4. The molecule has 0 saturated carbocycles. The number of alkyl halides is 3. The van der Waals surface area contributed by atoms with E-state index in [0.29, 0.717) is 17.3 Å². The van der Waals surface area contributed by atoms with E-state index in [1.165, 1.54) is 35.6 Å². The van der Waals surface area contributed by atoms with E-state index in [4.69, 9.17) is 0 Å². The Balaban J connectivity index is 1.83. The molecule has 0 saturated heterocycles. The van der Waals surface area contributed by atoms with Gasteiger partial charge in [-0.1, -0.05) is 12.1 Å². The number of aromatic nitrogens is 2. The highest BCUT2D eigenvalue weighted by Crippen LogP contribution is 2.41. The molecule has 29 heavy (non-hydrogen) atoms. The van der Waals surface area contributed by atoms with Gasteiger partial charge in [0.15, 0.2) is 0 Å².